The fourth-order valence-corrected chi connectivity index (χ4v) is 4.18. The summed E-state index contributed by atoms with van der Waals surface area (Å²) in [4.78, 5) is 27.3. The number of fused-ring (bicyclic) bond motifs is 1. The normalized spacial score (nSPS) is 26.5. The molecule has 2 N–H and O–H groups in total. The van der Waals surface area contributed by atoms with Crippen molar-refractivity contribution in [2.45, 2.75) is 44.4 Å². The molecule has 27 heavy (non-hydrogen) atoms. The monoisotopic (exact) mass is 381 g/mol. The lowest BCUT2D eigenvalue weighted by Crippen LogP contribution is -2.41. The molecule has 3 aliphatic rings. The van der Waals surface area contributed by atoms with Gasteiger partial charge in [-0.15, -0.1) is 8.78 Å². The fourth-order valence-electron chi connectivity index (χ4n) is 4.18. The molecule has 0 aromatic heterocycles. The van der Waals surface area contributed by atoms with Gasteiger partial charge < -0.3 is 20.1 Å². The summed E-state index contributed by atoms with van der Waals surface area (Å²) >= 11 is 0. The van der Waals surface area contributed by atoms with Crippen LogP contribution in [0.1, 0.15) is 32.1 Å². The summed E-state index contributed by atoms with van der Waals surface area (Å²) in [5.74, 6) is -0.103. The van der Waals surface area contributed by atoms with Crippen molar-refractivity contribution < 1.29 is 27.8 Å². The van der Waals surface area contributed by atoms with Gasteiger partial charge in [0, 0.05) is 37.3 Å². The number of halogens is 2. The summed E-state index contributed by atoms with van der Waals surface area (Å²) in [5, 5.41) is 0. The van der Waals surface area contributed by atoms with Crippen LogP contribution < -0.4 is 20.1 Å². The van der Waals surface area contributed by atoms with Crippen molar-refractivity contribution in [3.05, 3.63) is 18.2 Å². The molecule has 2 fully saturated rings. The van der Waals surface area contributed by atoms with Crippen LogP contribution in [0, 0.1) is 5.92 Å². The minimum absolute atomic E-state index is 0.0416. The molecule has 1 saturated carbocycles. The SMILES string of the molecule is NC(=O)CC1CCC(N2CCN(c3ccc4c(c3)OC(F)(F)O4)C2=O)CC1. The number of carbonyl (C=O) groups is 2. The topological polar surface area (TPSA) is 85.1 Å². The summed E-state index contributed by atoms with van der Waals surface area (Å²) in [6.07, 6.45) is 0.142. The summed E-state index contributed by atoms with van der Waals surface area (Å²) in [7, 11) is 0. The first-order valence-electron chi connectivity index (χ1n) is 9.09. The van der Waals surface area contributed by atoms with Crippen LogP contribution in [0.2, 0.25) is 0 Å². The largest absolute Gasteiger partial charge is 0.586 e. The quantitative estimate of drug-likeness (QED) is 0.869. The van der Waals surface area contributed by atoms with Gasteiger partial charge >= 0.3 is 12.3 Å². The van der Waals surface area contributed by atoms with Gasteiger partial charge in [-0.3, -0.25) is 9.69 Å². The molecule has 1 saturated heterocycles. The number of rotatable bonds is 4. The first-order chi connectivity index (χ1) is 12.8. The molecule has 1 aromatic rings. The Bertz CT molecular complexity index is 765. The van der Waals surface area contributed by atoms with Crippen LogP contribution in [0.4, 0.5) is 19.3 Å². The minimum Gasteiger partial charge on any atom is -0.395 e. The molecule has 3 amide bonds. The van der Waals surface area contributed by atoms with Gasteiger partial charge in [0.25, 0.3) is 0 Å². The van der Waals surface area contributed by atoms with E-state index < -0.39 is 6.29 Å². The number of hydrogen-bond donors (Lipinski definition) is 1. The van der Waals surface area contributed by atoms with Gasteiger partial charge in [-0.1, -0.05) is 0 Å². The number of alkyl halides is 2. The second-order valence-corrected chi connectivity index (χ2v) is 7.27. The van der Waals surface area contributed by atoms with E-state index in [1.807, 2.05) is 4.90 Å². The van der Waals surface area contributed by atoms with Crippen LogP contribution in [-0.2, 0) is 4.79 Å². The third kappa shape index (κ3) is 3.50. The summed E-state index contributed by atoms with van der Waals surface area (Å²) < 4.78 is 35.2. The number of benzene rings is 1. The molecular formula is C18H21F2N3O4. The molecule has 7 nitrogen and oxygen atoms in total. The second-order valence-electron chi connectivity index (χ2n) is 7.27. The number of nitrogens with zero attached hydrogens (tertiary/aromatic N) is 2. The number of primary amides is 1. The van der Waals surface area contributed by atoms with Crippen LogP contribution in [0.5, 0.6) is 11.5 Å². The zero-order valence-electron chi connectivity index (χ0n) is 14.7. The van der Waals surface area contributed by atoms with E-state index in [1.165, 1.54) is 12.1 Å². The lowest BCUT2D eigenvalue weighted by Gasteiger charge is -2.34. The van der Waals surface area contributed by atoms with Crippen LogP contribution >= 0.6 is 0 Å². The zero-order valence-corrected chi connectivity index (χ0v) is 14.7. The molecule has 2 aliphatic heterocycles. The van der Waals surface area contributed by atoms with Gasteiger partial charge in [0.1, 0.15) is 0 Å². The van der Waals surface area contributed by atoms with Crippen molar-refractivity contribution >= 4 is 17.6 Å². The van der Waals surface area contributed by atoms with E-state index in [0.29, 0.717) is 31.1 Å². The second kappa shape index (κ2) is 6.54. The van der Waals surface area contributed by atoms with Crippen molar-refractivity contribution in [2.24, 2.45) is 11.7 Å². The number of hydrogen-bond acceptors (Lipinski definition) is 4. The first kappa shape index (κ1) is 17.8. The van der Waals surface area contributed by atoms with Gasteiger partial charge in [0.05, 0.1) is 0 Å². The molecule has 4 rings (SSSR count). The van der Waals surface area contributed by atoms with Gasteiger partial charge in [-0.25, -0.2) is 4.79 Å². The highest BCUT2D eigenvalue weighted by Crippen LogP contribution is 2.43. The highest BCUT2D eigenvalue weighted by Gasteiger charge is 2.44. The first-order valence-corrected chi connectivity index (χ1v) is 9.09. The number of ether oxygens (including phenoxy) is 2. The van der Waals surface area contributed by atoms with Gasteiger partial charge in [-0.2, -0.15) is 0 Å². The standard InChI is InChI=1S/C18H21F2N3O4/c19-18(20)26-14-6-5-13(10-15(14)27-18)23-8-7-22(17(23)25)12-3-1-11(2-4-12)9-16(21)24/h5-6,10-12H,1-4,7-9H2,(H2,21,24). The molecule has 0 unspecified atom stereocenters. The van der Waals surface area contributed by atoms with Crippen LogP contribution in [0.25, 0.3) is 0 Å². The highest BCUT2D eigenvalue weighted by atomic mass is 19.3. The van der Waals surface area contributed by atoms with E-state index in [2.05, 4.69) is 9.47 Å². The molecule has 1 aromatic carbocycles. The van der Waals surface area contributed by atoms with E-state index in [-0.39, 0.29) is 29.5 Å². The van der Waals surface area contributed by atoms with Crippen molar-refractivity contribution in [3.63, 3.8) is 0 Å². The van der Waals surface area contributed by atoms with Crippen molar-refractivity contribution in [1.29, 1.82) is 0 Å². The maximum absolute atomic E-state index is 13.2. The summed E-state index contributed by atoms with van der Waals surface area (Å²) in [5.41, 5.74) is 5.77. The highest BCUT2D eigenvalue weighted by molar-refractivity contribution is 5.94. The Kier molecular flexibility index (Phi) is 4.32. The number of amides is 3. The smallest absolute Gasteiger partial charge is 0.395 e. The molecule has 146 valence electrons. The van der Waals surface area contributed by atoms with Crippen molar-refractivity contribution in [1.82, 2.24) is 4.90 Å². The van der Waals surface area contributed by atoms with E-state index >= 15 is 0 Å². The van der Waals surface area contributed by atoms with E-state index in [1.54, 1.807) is 11.0 Å². The van der Waals surface area contributed by atoms with Gasteiger partial charge in [0.2, 0.25) is 5.91 Å². The molecule has 2 heterocycles. The molecule has 0 bridgehead atoms. The average molecular weight is 381 g/mol. The summed E-state index contributed by atoms with van der Waals surface area (Å²) in [6, 6.07) is 4.36. The van der Waals surface area contributed by atoms with Crippen LogP contribution in [0.3, 0.4) is 0 Å². The number of carbonyl (C=O) groups excluding carboxylic acids is 2. The molecule has 0 atom stereocenters. The predicted molar refractivity (Wildman–Crippen MR) is 91.7 cm³/mol. The maximum atomic E-state index is 13.2. The predicted octanol–water partition coefficient (Wildman–Crippen LogP) is 2.68. The Morgan fingerprint density at radius 3 is 2.56 bits per heavy atom. The van der Waals surface area contributed by atoms with E-state index in [9.17, 15) is 18.4 Å². The Morgan fingerprint density at radius 1 is 1.15 bits per heavy atom. The maximum Gasteiger partial charge on any atom is 0.586 e. The molecule has 9 heteroatoms. The van der Waals surface area contributed by atoms with Crippen molar-refractivity contribution in [2.75, 3.05) is 18.0 Å². The van der Waals surface area contributed by atoms with Gasteiger partial charge in [0.15, 0.2) is 11.5 Å². The molecule has 0 radical (unpaired) electrons. The van der Waals surface area contributed by atoms with Crippen molar-refractivity contribution in [3.8, 4) is 11.5 Å². The molecule has 0 spiro atoms. The number of urea groups is 1. The van der Waals surface area contributed by atoms with E-state index in [0.717, 1.165) is 25.7 Å². The number of nitrogens with two attached hydrogens (primary N) is 1. The summed E-state index contributed by atoms with van der Waals surface area (Å²) in [6.45, 7) is 1.06. The molecule has 1 aliphatic carbocycles. The Labute approximate surface area is 155 Å². The van der Waals surface area contributed by atoms with Crippen LogP contribution in [-0.4, -0.2) is 42.3 Å². The zero-order chi connectivity index (χ0) is 19.2. The lowest BCUT2D eigenvalue weighted by atomic mass is 9.83. The Hall–Kier alpha value is -2.58. The average Bonchev–Trinajstić information content (AvgIpc) is 3.12. The molecular weight excluding hydrogens is 360 g/mol. The Balaban J connectivity index is 1.41. The third-order valence-corrected chi connectivity index (χ3v) is 5.48. The number of anilines is 1. The fraction of sp³-hybridized carbons (Fsp3) is 0.556. The van der Waals surface area contributed by atoms with Crippen LogP contribution in [0.15, 0.2) is 18.2 Å². The lowest BCUT2D eigenvalue weighted by molar-refractivity contribution is -0.286. The Morgan fingerprint density at radius 2 is 1.85 bits per heavy atom. The third-order valence-electron chi connectivity index (χ3n) is 5.48. The van der Waals surface area contributed by atoms with Gasteiger partial charge in [-0.05, 0) is 43.7 Å². The van der Waals surface area contributed by atoms with E-state index in [4.69, 9.17) is 5.73 Å². The minimum atomic E-state index is -3.68.